The minimum absolute atomic E-state index is 0. The first-order valence-electron chi connectivity index (χ1n) is 11.9. The van der Waals surface area contributed by atoms with Crippen molar-refractivity contribution in [3.05, 3.63) is 98.6 Å². The molecule has 3 aromatic carbocycles. The van der Waals surface area contributed by atoms with Crippen LogP contribution in [0.2, 0.25) is 0 Å². The Labute approximate surface area is 241 Å². The number of nitrogens with two attached hydrogens (primary N) is 1. The molecule has 0 saturated heterocycles. The van der Waals surface area contributed by atoms with Gasteiger partial charge < -0.3 is 30.5 Å². The number of aliphatic hydroxyl groups excluding tert-OH is 1. The predicted molar refractivity (Wildman–Crippen MR) is 151 cm³/mol. The zero-order valence-corrected chi connectivity index (χ0v) is 22.6. The van der Waals surface area contributed by atoms with Crippen LogP contribution in [-0.4, -0.2) is 76.8 Å². The number of nitrogens with zero attached hydrogens (tertiary/aromatic N) is 3. The van der Waals surface area contributed by atoms with Crippen molar-refractivity contribution in [1.82, 2.24) is 4.90 Å². The van der Waals surface area contributed by atoms with Gasteiger partial charge in [-0.3, -0.25) is 29.9 Å². The summed E-state index contributed by atoms with van der Waals surface area (Å²) in [6.07, 6.45) is -0.894. The SMILES string of the molecule is Cl.NC(=O)c1ccc(OCCN(CCOc2ccc([N+](=O)[O-])cc2)CC(O)COc2ccc([N+](=O)[O-])cc2)cc1.O. The van der Waals surface area contributed by atoms with E-state index < -0.39 is 21.9 Å². The van der Waals surface area contributed by atoms with Gasteiger partial charge in [0, 0.05) is 49.5 Å². The van der Waals surface area contributed by atoms with Crippen molar-refractivity contribution >= 4 is 29.7 Å². The molecule has 5 N–H and O–H groups in total. The van der Waals surface area contributed by atoms with Gasteiger partial charge in [0.1, 0.15) is 43.2 Å². The fraction of sp³-hybridized carbons (Fsp3) is 0.269. The van der Waals surface area contributed by atoms with Crippen molar-refractivity contribution in [3.63, 3.8) is 0 Å². The van der Waals surface area contributed by atoms with Crippen LogP contribution >= 0.6 is 12.4 Å². The highest BCUT2D eigenvalue weighted by atomic mass is 35.5. The van der Waals surface area contributed by atoms with Crippen LogP contribution in [0.1, 0.15) is 10.4 Å². The van der Waals surface area contributed by atoms with Crippen LogP contribution in [0.5, 0.6) is 17.2 Å². The smallest absolute Gasteiger partial charge is 0.269 e. The third-order valence-corrected chi connectivity index (χ3v) is 5.50. The molecule has 3 aromatic rings. The van der Waals surface area contributed by atoms with E-state index in [1.807, 2.05) is 4.90 Å². The van der Waals surface area contributed by atoms with E-state index in [2.05, 4.69) is 0 Å². The second kappa shape index (κ2) is 17.2. The molecule has 222 valence electrons. The van der Waals surface area contributed by atoms with Crippen LogP contribution in [-0.2, 0) is 0 Å². The van der Waals surface area contributed by atoms with Gasteiger partial charge in [-0.1, -0.05) is 0 Å². The van der Waals surface area contributed by atoms with E-state index in [-0.39, 0.29) is 55.6 Å². The van der Waals surface area contributed by atoms with Crippen molar-refractivity contribution in [2.24, 2.45) is 5.73 Å². The van der Waals surface area contributed by atoms with Crippen LogP contribution in [0.15, 0.2) is 72.8 Å². The summed E-state index contributed by atoms with van der Waals surface area (Å²) in [7, 11) is 0. The molecular weight excluding hydrogens is 564 g/mol. The first-order valence-corrected chi connectivity index (χ1v) is 11.9. The number of nitro groups is 2. The highest BCUT2D eigenvalue weighted by molar-refractivity contribution is 5.92. The number of benzene rings is 3. The molecule has 0 heterocycles. The van der Waals surface area contributed by atoms with E-state index in [1.54, 1.807) is 24.3 Å². The quantitative estimate of drug-likeness (QED) is 0.182. The third kappa shape index (κ3) is 11.6. The summed E-state index contributed by atoms with van der Waals surface area (Å²) < 4.78 is 17.0. The molecule has 0 aliphatic carbocycles. The molecule has 0 radical (unpaired) electrons. The average molecular weight is 595 g/mol. The number of halogens is 1. The van der Waals surface area contributed by atoms with E-state index in [4.69, 9.17) is 19.9 Å². The van der Waals surface area contributed by atoms with E-state index in [1.165, 1.54) is 48.5 Å². The Morgan fingerprint density at radius 3 is 1.56 bits per heavy atom. The Hall–Kier alpha value is -4.50. The monoisotopic (exact) mass is 594 g/mol. The van der Waals surface area contributed by atoms with Crippen molar-refractivity contribution in [3.8, 4) is 17.2 Å². The fourth-order valence-corrected chi connectivity index (χ4v) is 3.47. The van der Waals surface area contributed by atoms with Gasteiger partial charge >= 0.3 is 0 Å². The molecule has 15 heteroatoms. The van der Waals surface area contributed by atoms with E-state index in [0.29, 0.717) is 35.9 Å². The van der Waals surface area contributed by atoms with Gasteiger partial charge in [0.2, 0.25) is 5.91 Å². The second-order valence-electron chi connectivity index (χ2n) is 8.35. The zero-order chi connectivity index (χ0) is 28.2. The highest BCUT2D eigenvalue weighted by Crippen LogP contribution is 2.19. The van der Waals surface area contributed by atoms with E-state index in [9.17, 15) is 30.1 Å². The number of rotatable bonds is 16. The lowest BCUT2D eigenvalue weighted by atomic mass is 10.2. The number of ether oxygens (including phenoxy) is 3. The molecule has 0 aliphatic rings. The number of hydrogen-bond donors (Lipinski definition) is 2. The molecule has 0 aliphatic heterocycles. The molecule has 0 fully saturated rings. The van der Waals surface area contributed by atoms with Crippen molar-refractivity contribution in [2.75, 3.05) is 39.5 Å². The first-order chi connectivity index (χ1) is 18.7. The number of non-ortho nitro benzene ring substituents is 2. The van der Waals surface area contributed by atoms with Crippen molar-refractivity contribution < 1.29 is 39.4 Å². The summed E-state index contributed by atoms with van der Waals surface area (Å²) in [5.41, 5.74) is 5.51. The molecule has 0 bridgehead atoms. The minimum atomic E-state index is -0.894. The molecular formula is C26H31ClN4O10. The van der Waals surface area contributed by atoms with Crippen molar-refractivity contribution in [2.45, 2.75) is 6.10 Å². The highest BCUT2D eigenvalue weighted by Gasteiger charge is 2.14. The molecule has 0 aromatic heterocycles. The molecule has 14 nitrogen and oxygen atoms in total. The summed E-state index contributed by atoms with van der Waals surface area (Å²) in [6.45, 7) is 1.48. The Bertz CT molecular complexity index is 1180. The maximum absolute atomic E-state index is 11.2. The molecule has 1 unspecified atom stereocenters. The number of hydrogen-bond acceptors (Lipinski definition) is 10. The molecule has 1 amide bonds. The van der Waals surface area contributed by atoms with E-state index in [0.717, 1.165) is 0 Å². The van der Waals surface area contributed by atoms with Gasteiger partial charge in [-0.15, -0.1) is 12.4 Å². The third-order valence-electron chi connectivity index (χ3n) is 5.50. The maximum Gasteiger partial charge on any atom is 0.269 e. The molecule has 1 atom stereocenters. The van der Waals surface area contributed by atoms with Gasteiger partial charge in [0.15, 0.2) is 0 Å². The number of amides is 1. The Balaban J connectivity index is 0.00000420. The first kappa shape index (κ1) is 34.5. The topological polar surface area (TPSA) is 212 Å². The van der Waals surface area contributed by atoms with Gasteiger partial charge in [-0.05, 0) is 48.5 Å². The van der Waals surface area contributed by atoms with Crippen molar-refractivity contribution in [1.29, 1.82) is 0 Å². The van der Waals surface area contributed by atoms with Crippen LogP contribution in [0.3, 0.4) is 0 Å². The number of carbonyl (C=O) groups excluding carboxylic acids is 1. The Kier molecular flexibility index (Phi) is 14.5. The summed E-state index contributed by atoms with van der Waals surface area (Å²) in [6, 6.07) is 17.7. The largest absolute Gasteiger partial charge is 0.492 e. The lowest BCUT2D eigenvalue weighted by molar-refractivity contribution is -0.385. The second-order valence-corrected chi connectivity index (χ2v) is 8.35. The van der Waals surface area contributed by atoms with Gasteiger partial charge in [0.25, 0.3) is 11.4 Å². The average Bonchev–Trinajstić information content (AvgIpc) is 2.92. The van der Waals surface area contributed by atoms with Crippen LogP contribution in [0, 0.1) is 20.2 Å². The van der Waals surface area contributed by atoms with Gasteiger partial charge in [-0.2, -0.15) is 0 Å². The maximum atomic E-state index is 11.2. The van der Waals surface area contributed by atoms with E-state index >= 15 is 0 Å². The van der Waals surface area contributed by atoms with Crippen LogP contribution in [0.4, 0.5) is 11.4 Å². The lowest BCUT2D eigenvalue weighted by Gasteiger charge is -2.25. The van der Waals surface area contributed by atoms with Crippen LogP contribution in [0.25, 0.3) is 0 Å². The van der Waals surface area contributed by atoms with Gasteiger partial charge in [-0.25, -0.2) is 0 Å². The zero-order valence-electron chi connectivity index (χ0n) is 21.8. The number of carbonyl (C=O) groups is 1. The molecule has 0 spiro atoms. The minimum Gasteiger partial charge on any atom is -0.492 e. The van der Waals surface area contributed by atoms with Gasteiger partial charge in [0.05, 0.1) is 9.85 Å². The Morgan fingerprint density at radius 2 is 1.17 bits per heavy atom. The standard InChI is InChI=1S/C26H28N4O9.ClH.H2O/c27-26(32)19-1-7-23(8-2-19)37-15-13-28(14-16-38-24-9-3-20(4-10-24)29(33)34)17-22(31)18-39-25-11-5-21(6-12-25)30(35)36;;/h1-12,22,31H,13-18H2,(H2,27,32);1H;1H2. The number of nitro benzene ring substituents is 2. The molecule has 41 heavy (non-hydrogen) atoms. The molecule has 0 saturated carbocycles. The predicted octanol–water partition coefficient (Wildman–Crippen LogP) is 2.40. The molecule has 3 rings (SSSR count). The Morgan fingerprint density at radius 1 is 0.780 bits per heavy atom. The summed E-state index contributed by atoms with van der Waals surface area (Å²) in [5.74, 6) is 0.860. The number of primary amides is 1. The normalized spacial score (nSPS) is 11.0. The fourth-order valence-electron chi connectivity index (χ4n) is 3.47. The summed E-state index contributed by atoms with van der Waals surface area (Å²) in [5, 5.41) is 32.2. The summed E-state index contributed by atoms with van der Waals surface area (Å²) in [4.78, 5) is 33.7. The summed E-state index contributed by atoms with van der Waals surface area (Å²) >= 11 is 0. The number of aliphatic hydroxyl groups is 1. The lowest BCUT2D eigenvalue weighted by Crippen LogP contribution is -2.40. The van der Waals surface area contributed by atoms with Crippen LogP contribution < -0.4 is 19.9 Å².